The normalized spacial score (nSPS) is 18.9. The van der Waals surface area contributed by atoms with Gasteiger partial charge in [0.15, 0.2) is 0 Å². The topological polar surface area (TPSA) is 64.3 Å². The fourth-order valence-electron chi connectivity index (χ4n) is 2.88. The third-order valence-corrected chi connectivity index (χ3v) is 4.88. The number of carbonyl (C=O) groups is 1. The first kappa shape index (κ1) is 15.8. The van der Waals surface area contributed by atoms with Crippen LogP contribution < -0.4 is 15.8 Å². The quantitative estimate of drug-likeness (QED) is 0.821. The van der Waals surface area contributed by atoms with Gasteiger partial charge in [-0.15, -0.1) is 0 Å². The Morgan fingerprint density at radius 1 is 1.33 bits per heavy atom. The molecular weight excluding hydrogens is 284 g/mol. The predicted octanol–water partition coefficient (Wildman–Crippen LogP) is 2.97. The van der Waals surface area contributed by atoms with Crippen LogP contribution in [0.4, 0.5) is 5.69 Å². The number of anilines is 1. The molecule has 0 aliphatic heterocycles. The smallest absolute Gasteiger partial charge is 0.228 e. The number of ether oxygens (including phenoxy) is 1. The number of benzene rings is 1. The van der Waals surface area contributed by atoms with E-state index in [4.69, 9.17) is 22.7 Å². The van der Waals surface area contributed by atoms with Crippen LogP contribution in [0.15, 0.2) is 24.3 Å². The number of rotatable bonds is 5. The first-order valence-corrected chi connectivity index (χ1v) is 7.39. The number of carbonyl (C=O) groups excluding carboxylic acids is 1. The molecule has 4 nitrogen and oxygen atoms in total. The second-order valence-corrected chi connectivity index (χ2v) is 7.17. The molecule has 2 rings (SSSR count). The fraction of sp³-hybridized carbons (Fsp3) is 0.500. The molecule has 0 bridgehead atoms. The van der Waals surface area contributed by atoms with Crippen molar-refractivity contribution in [2.75, 3.05) is 11.9 Å². The molecule has 0 unspecified atom stereocenters. The summed E-state index contributed by atoms with van der Waals surface area (Å²) in [6, 6.07) is 7.25. The summed E-state index contributed by atoms with van der Waals surface area (Å²) in [6.07, 6.45) is 0. The van der Waals surface area contributed by atoms with E-state index < -0.39 is 0 Å². The Labute approximate surface area is 131 Å². The molecule has 114 valence electrons. The highest BCUT2D eigenvalue weighted by atomic mass is 32.1. The molecule has 0 atom stereocenters. The molecule has 1 aromatic carbocycles. The van der Waals surface area contributed by atoms with Gasteiger partial charge >= 0.3 is 0 Å². The molecule has 3 N–H and O–H groups in total. The van der Waals surface area contributed by atoms with Gasteiger partial charge in [-0.3, -0.25) is 4.79 Å². The first-order valence-electron chi connectivity index (χ1n) is 6.98. The average Bonchev–Trinajstić information content (AvgIpc) is 2.77. The lowest BCUT2D eigenvalue weighted by molar-refractivity contribution is -0.118. The molecule has 1 saturated carbocycles. The summed E-state index contributed by atoms with van der Waals surface area (Å²) in [6.45, 7) is 8.69. The van der Waals surface area contributed by atoms with E-state index in [-0.39, 0.29) is 29.3 Å². The van der Waals surface area contributed by atoms with Gasteiger partial charge in [0.2, 0.25) is 5.91 Å². The van der Waals surface area contributed by atoms with Gasteiger partial charge in [-0.05, 0) is 23.0 Å². The van der Waals surface area contributed by atoms with E-state index in [1.165, 1.54) is 0 Å². The van der Waals surface area contributed by atoms with Crippen molar-refractivity contribution in [3.8, 4) is 5.75 Å². The van der Waals surface area contributed by atoms with Crippen molar-refractivity contribution in [1.82, 2.24) is 0 Å². The molecule has 1 amide bonds. The van der Waals surface area contributed by atoms with Crippen LogP contribution in [-0.4, -0.2) is 17.5 Å². The standard InChI is InChI=1S/C16H22N2O2S/c1-15(2)13(16(15,3)4)14(19)18-10-6-5-7-11(8-10)20-9-12(17)21/h5-8,13H,9H2,1-4H3,(H2,17,21)(H,18,19). The number of thiocarbonyl (C=S) groups is 1. The zero-order valence-electron chi connectivity index (χ0n) is 12.9. The Morgan fingerprint density at radius 3 is 2.48 bits per heavy atom. The Kier molecular flexibility index (Phi) is 3.97. The summed E-state index contributed by atoms with van der Waals surface area (Å²) < 4.78 is 5.43. The maximum Gasteiger partial charge on any atom is 0.228 e. The van der Waals surface area contributed by atoms with Crippen LogP contribution in [0.2, 0.25) is 0 Å². The van der Waals surface area contributed by atoms with E-state index in [0.29, 0.717) is 10.7 Å². The predicted molar refractivity (Wildman–Crippen MR) is 88.4 cm³/mol. The minimum absolute atomic E-state index is 0.0196. The van der Waals surface area contributed by atoms with Crippen molar-refractivity contribution in [2.45, 2.75) is 27.7 Å². The van der Waals surface area contributed by atoms with Gasteiger partial charge in [0.25, 0.3) is 0 Å². The number of amides is 1. The van der Waals surface area contributed by atoms with Gasteiger partial charge in [0.1, 0.15) is 17.3 Å². The molecule has 21 heavy (non-hydrogen) atoms. The van der Waals surface area contributed by atoms with Crippen LogP contribution in [0, 0.1) is 16.7 Å². The maximum absolute atomic E-state index is 12.4. The van der Waals surface area contributed by atoms with Crippen LogP contribution in [0.5, 0.6) is 5.75 Å². The van der Waals surface area contributed by atoms with E-state index >= 15 is 0 Å². The average molecular weight is 306 g/mol. The second kappa shape index (κ2) is 5.30. The van der Waals surface area contributed by atoms with E-state index in [1.54, 1.807) is 12.1 Å². The van der Waals surface area contributed by atoms with Crippen molar-refractivity contribution >= 4 is 28.8 Å². The molecule has 0 radical (unpaired) electrons. The number of hydrogen-bond acceptors (Lipinski definition) is 3. The Hall–Kier alpha value is -1.62. The number of nitrogens with one attached hydrogen (secondary N) is 1. The molecule has 0 heterocycles. The Bertz CT molecular complexity index is 567. The van der Waals surface area contributed by atoms with Crippen LogP contribution in [-0.2, 0) is 4.79 Å². The minimum Gasteiger partial charge on any atom is -0.486 e. The van der Waals surface area contributed by atoms with Gasteiger partial charge in [-0.1, -0.05) is 46.0 Å². The molecule has 1 fully saturated rings. The molecule has 0 spiro atoms. The van der Waals surface area contributed by atoms with Crippen molar-refractivity contribution in [3.05, 3.63) is 24.3 Å². The third-order valence-electron chi connectivity index (χ3n) is 4.77. The highest BCUT2D eigenvalue weighted by molar-refractivity contribution is 7.80. The molecule has 0 saturated heterocycles. The molecule has 1 aliphatic rings. The van der Waals surface area contributed by atoms with Gasteiger partial charge in [0, 0.05) is 17.7 Å². The Balaban J connectivity index is 2.02. The summed E-state index contributed by atoms with van der Waals surface area (Å²) in [5.74, 6) is 0.706. The van der Waals surface area contributed by atoms with Crippen molar-refractivity contribution in [2.24, 2.45) is 22.5 Å². The van der Waals surface area contributed by atoms with E-state index in [0.717, 1.165) is 5.69 Å². The van der Waals surface area contributed by atoms with Gasteiger partial charge in [-0.2, -0.15) is 0 Å². The highest BCUT2D eigenvalue weighted by Crippen LogP contribution is 2.68. The second-order valence-electron chi connectivity index (χ2n) is 6.65. The third kappa shape index (κ3) is 3.02. The SMILES string of the molecule is CC1(C)C(C(=O)Nc2cccc(OCC(N)=S)c2)C1(C)C. The summed E-state index contributed by atoms with van der Waals surface area (Å²) in [4.78, 5) is 12.7. The summed E-state index contributed by atoms with van der Waals surface area (Å²) in [7, 11) is 0. The van der Waals surface area contributed by atoms with Gasteiger partial charge in [0.05, 0.1) is 0 Å². The number of hydrogen-bond donors (Lipinski definition) is 2. The van der Waals surface area contributed by atoms with E-state index in [2.05, 4.69) is 33.0 Å². The molecule has 1 aliphatic carbocycles. The summed E-state index contributed by atoms with van der Waals surface area (Å²) in [5, 5.41) is 2.96. The monoisotopic (exact) mass is 306 g/mol. The van der Waals surface area contributed by atoms with Gasteiger partial charge < -0.3 is 15.8 Å². The van der Waals surface area contributed by atoms with Crippen LogP contribution in [0.1, 0.15) is 27.7 Å². The zero-order chi connectivity index (χ0) is 15.8. The van der Waals surface area contributed by atoms with Crippen LogP contribution >= 0.6 is 12.2 Å². The molecule has 0 aromatic heterocycles. The summed E-state index contributed by atoms with van der Waals surface area (Å²) >= 11 is 4.77. The van der Waals surface area contributed by atoms with E-state index in [9.17, 15) is 4.79 Å². The first-order chi connectivity index (χ1) is 9.66. The zero-order valence-corrected chi connectivity index (χ0v) is 13.7. The summed E-state index contributed by atoms with van der Waals surface area (Å²) in [5.41, 5.74) is 6.17. The van der Waals surface area contributed by atoms with Crippen molar-refractivity contribution in [1.29, 1.82) is 0 Å². The van der Waals surface area contributed by atoms with Crippen LogP contribution in [0.3, 0.4) is 0 Å². The lowest BCUT2D eigenvalue weighted by Crippen LogP contribution is -2.19. The maximum atomic E-state index is 12.4. The fourth-order valence-corrected chi connectivity index (χ4v) is 2.94. The Morgan fingerprint density at radius 2 is 1.95 bits per heavy atom. The van der Waals surface area contributed by atoms with Gasteiger partial charge in [-0.25, -0.2) is 0 Å². The van der Waals surface area contributed by atoms with E-state index in [1.807, 2.05) is 12.1 Å². The number of nitrogens with two attached hydrogens (primary N) is 1. The molecule has 5 heteroatoms. The molecular formula is C16H22N2O2S. The highest BCUT2D eigenvalue weighted by Gasteiger charge is 2.68. The molecule has 1 aromatic rings. The van der Waals surface area contributed by atoms with Crippen LogP contribution in [0.25, 0.3) is 0 Å². The largest absolute Gasteiger partial charge is 0.486 e. The van der Waals surface area contributed by atoms with Crippen molar-refractivity contribution < 1.29 is 9.53 Å². The lowest BCUT2D eigenvalue weighted by atomic mass is 10.0. The minimum atomic E-state index is 0.0196. The lowest BCUT2D eigenvalue weighted by Gasteiger charge is -2.09. The van der Waals surface area contributed by atoms with Crippen molar-refractivity contribution in [3.63, 3.8) is 0 Å².